The van der Waals surface area contributed by atoms with E-state index in [4.69, 9.17) is 34.8 Å². The Hall–Kier alpha value is -2.02. The lowest BCUT2D eigenvalue weighted by Gasteiger charge is -2.28. The average Bonchev–Trinajstić information content (AvgIpc) is 2.55. The van der Waals surface area contributed by atoms with Gasteiger partial charge in [0.05, 0.1) is 4.92 Å². The first-order valence-corrected chi connectivity index (χ1v) is 8.67. The van der Waals surface area contributed by atoms with Crippen molar-refractivity contribution in [2.75, 3.05) is 5.32 Å². The van der Waals surface area contributed by atoms with Crippen LogP contribution in [0.25, 0.3) is 0 Å². The number of hydrogen-bond acceptors (Lipinski definition) is 4. The van der Waals surface area contributed by atoms with Crippen LogP contribution in [0, 0.1) is 24.0 Å². The molecule has 0 aliphatic carbocycles. The van der Waals surface area contributed by atoms with Gasteiger partial charge in [0, 0.05) is 23.4 Å². The van der Waals surface area contributed by atoms with E-state index < -0.39 is 20.8 Å². The van der Waals surface area contributed by atoms with Crippen LogP contribution in [0.4, 0.5) is 11.4 Å². The predicted molar refractivity (Wildman–Crippen MR) is 104 cm³/mol. The standard InChI is InChI=1S/C17H16Cl3N3O3/c1-10-3-8-14(11(2)9-10)21-16(17(18,19)20)22-15(24)12-4-6-13(7-5-12)23(25)26/h3-9,16,21H,1-2H3,(H,22,24). The lowest BCUT2D eigenvalue weighted by molar-refractivity contribution is -0.384. The van der Waals surface area contributed by atoms with Gasteiger partial charge in [-0.25, -0.2) is 0 Å². The van der Waals surface area contributed by atoms with Crippen molar-refractivity contribution < 1.29 is 9.72 Å². The lowest BCUT2D eigenvalue weighted by Crippen LogP contribution is -2.49. The first-order chi connectivity index (χ1) is 12.1. The van der Waals surface area contributed by atoms with Crippen molar-refractivity contribution in [3.05, 3.63) is 69.3 Å². The predicted octanol–water partition coefficient (Wildman–Crippen LogP) is 4.75. The summed E-state index contributed by atoms with van der Waals surface area (Å²) in [5.74, 6) is -0.534. The molecule has 6 nitrogen and oxygen atoms in total. The van der Waals surface area contributed by atoms with Gasteiger partial charge >= 0.3 is 0 Å². The number of nitro benzene ring substituents is 1. The first-order valence-electron chi connectivity index (χ1n) is 7.54. The summed E-state index contributed by atoms with van der Waals surface area (Å²) in [7, 11) is 0. The van der Waals surface area contributed by atoms with Crippen LogP contribution in [0.15, 0.2) is 42.5 Å². The molecule has 0 heterocycles. The van der Waals surface area contributed by atoms with E-state index in [1.165, 1.54) is 24.3 Å². The number of benzene rings is 2. The minimum Gasteiger partial charge on any atom is -0.362 e. The highest BCUT2D eigenvalue weighted by atomic mass is 35.6. The van der Waals surface area contributed by atoms with Gasteiger partial charge in [-0.2, -0.15) is 0 Å². The molecule has 1 atom stereocenters. The summed E-state index contributed by atoms with van der Waals surface area (Å²) >= 11 is 18.0. The molecule has 0 aliphatic rings. The average molecular weight is 417 g/mol. The number of anilines is 1. The minimum atomic E-state index is -1.83. The number of amides is 1. The number of rotatable bonds is 5. The fourth-order valence-corrected chi connectivity index (χ4v) is 2.61. The smallest absolute Gasteiger partial charge is 0.269 e. The second-order valence-corrected chi connectivity index (χ2v) is 8.08. The largest absolute Gasteiger partial charge is 0.362 e. The first kappa shape index (κ1) is 20.3. The normalized spacial score (nSPS) is 12.3. The van der Waals surface area contributed by atoms with Gasteiger partial charge in [-0.1, -0.05) is 52.5 Å². The second kappa shape index (κ2) is 8.12. The molecule has 0 fully saturated rings. The monoisotopic (exact) mass is 415 g/mol. The van der Waals surface area contributed by atoms with Crippen molar-refractivity contribution in [2.45, 2.75) is 23.8 Å². The molecule has 138 valence electrons. The fourth-order valence-electron chi connectivity index (χ4n) is 2.28. The van der Waals surface area contributed by atoms with Crippen molar-refractivity contribution in [1.82, 2.24) is 5.32 Å². The number of non-ortho nitro benzene ring substituents is 1. The Morgan fingerprint density at radius 3 is 2.23 bits per heavy atom. The minimum absolute atomic E-state index is 0.118. The van der Waals surface area contributed by atoms with Crippen molar-refractivity contribution in [3.63, 3.8) is 0 Å². The molecule has 0 aliphatic heterocycles. The molecule has 1 unspecified atom stereocenters. The number of aryl methyl sites for hydroxylation is 2. The Bertz CT molecular complexity index is 820. The highest BCUT2D eigenvalue weighted by molar-refractivity contribution is 6.68. The molecule has 0 saturated heterocycles. The molecule has 0 saturated carbocycles. The van der Waals surface area contributed by atoms with E-state index in [0.717, 1.165) is 11.1 Å². The summed E-state index contributed by atoms with van der Waals surface area (Å²) in [6.07, 6.45) is -1.02. The van der Waals surface area contributed by atoms with E-state index in [-0.39, 0.29) is 11.3 Å². The summed E-state index contributed by atoms with van der Waals surface area (Å²) in [4.78, 5) is 22.6. The SMILES string of the molecule is Cc1ccc(NC(NC(=O)c2ccc([N+](=O)[O-])cc2)C(Cl)(Cl)Cl)c(C)c1. The van der Waals surface area contributed by atoms with Gasteiger partial charge in [-0.3, -0.25) is 14.9 Å². The van der Waals surface area contributed by atoms with Crippen molar-refractivity contribution in [1.29, 1.82) is 0 Å². The van der Waals surface area contributed by atoms with Crippen LogP contribution < -0.4 is 10.6 Å². The third-order valence-electron chi connectivity index (χ3n) is 3.62. The zero-order valence-corrected chi connectivity index (χ0v) is 16.2. The van der Waals surface area contributed by atoms with Crippen molar-refractivity contribution >= 4 is 52.1 Å². The lowest BCUT2D eigenvalue weighted by atomic mass is 10.1. The Morgan fingerprint density at radius 1 is 1.12 bits per heavy atom. The number of alkyl halides is 3. The number of carbonyl (C=O) groups is 1. The van der Waals surface area contributed by atoms with E-state index in [1.54, 1.807) is 0 Å². The Labute approximate surface area is 165 Å². The van der Waals surface area contributed by atoms with E-state index in [1.807, 2.05) is 32.0 Å². The van der Waals surface area contributed by atoms with Crippen molar-refractivity contribution in [2.24, 2.45) is 0 Å². The van der Waals surface area contributed by atoms with Crippen LogP contribution in [-0.2, 0) is 0 Å². The number of nitro groups is 1. The van der Waals surface area contributed by atoms with E-state index in [0.29, 0.717) is 5.69 Å². The maximum absolute atomic E-state index is 12.4. The van der Waals surface area contributed by atoms with Gasteiger partial charge in [0.1, 0.15) is 6.17 Å². The fraction of sp³-hybridized carbons (Fsp3) is 0.235. The molecular formula is C17H16Cl3N3O3. The van der Waals surface area contributed by atoms with Gasteiger partial charge in [0.25, 0.3) is 11.6 Å². The second-order valence-electron chi connectivity index (χ2n) is 5.71. The highest BCUT2D eigenvalue weighted by Gasteiger charge is 2.34. The maximum Gasteiger partial charge on any atom is 0.269 e. The molecule has 2 aromatic carbocycles. The molecule has 0 aromatic heterocycles. The third kappa shape index (κ3) is 5.24. The number of halogens is 3. The molecule has 0 spiro atoms. The van der Waals surface area contributed by atoms with Crippen LogP contribution in [0.2, 0.25) is 0 Å². The molecule has 0 bridgehead atoms. The number of carbonyl (C=O) groups excluding carboxylic acids is 1. The van der Waals surface area contributed by atoms with E-state index >= 15 is 0 Å². The van der Waals surface area contributed by atoms with Gasteiger partial charge in [-0.05, 0) is 37.6 Å². The molecule has 1 amide bonds. The number of hydrogen-bond donors (Lipinski definition) is 2. The maximum atomic E-state index is 12.4. The topological polar surface area (TPSA) is 84.3 Å². The van der Waals surface area contributed by atoms with E-state index in [2.05, 4.69) is 10.6 Å². The van der Waals surface area contributed by atoms with Crippen LogP contribution in [0.5, 0.6) is 0 Å². The molecule has 2 N–H and O–H groups in total. The van der Waals surface area contributed by atoms with Gasteiger partial charge < -0.3 is 10.6 Å². The molecule has 2 aromatic rings. The third-order valence-corrected chi connectivity index (χ3v) is 4.28. The summed E-state index contributed by atoms with van der Waals surface area (Å²) in [5.41, 5.74) is 2.79. The van der Waals surface area contributed by atoms with Crippen LogP contribution >= 0.6 is 34.8 Å². The zero-order chi connectivity index (χ0) is 19.5. The molecule has 2 rings (SSSR count). The summed E-state index contributed by atoms with van der Waals surface area (Å²) < 4.78 is -1.83. The molecule has 26 heavy (non-hydrogen) atoms. The summed E-state index contributed by atoms with van der Waals surface area (Å²) in [5, 5.41) is 16.3. The van der Waals surface area contributed by atoms with Crippen LogP contribution in [0.1, 0.15) is 21.5 Å². The molecular weight excluding hydrogens is 401 g/mol. The summed E-state index contributed by atoms with van der Waals surface area (Å²) in [6.45, 7) is 3.85. The zero-order valence-electron chi connectivity index (χ0n) is 13.9. The number of nitrogens with zero attached hydrogens (tertiary/aromatic N) is 1. The summed E-state index contributed by atoms with van der Waals surface area (Å²) in [6, 6.07) is 10.8. The van der Waals surface area contributed by atoms with Crippen molar-refractivity contribution in [3.8, 4) is 0 Å². The molecule has 9 heteroatoms. The Morgan fingerprint density at radius 2 is 1.73 bits per heavy atom. The quantitative estimate of drug-likeness (QED) is 0.319. The Kier molecular flexibility index (Phi) is 6.34. The van der Waals surface area contributed by atoms with Crippen LogP contribution in [0.3, 0.4) is 0 Å². The van der Waals surface area contributed by atoms with Crippen LogP contribution in [-0.4, -0.2) is 20.8 Å². The van der Waals surface area contributed by atoms with Gasteiger partial charge in [0.2, 0.25) is 3.79 Å². The molecule has 0 radical (unpaired) electrons. The Balaban J connectivity index is 2.19. The van der Waals surface area contributed by atoms with Gasteiger partial charge in [-0.15, -0.1) is 0 Å². The van der Waals surface area contributed by atoms with E-state index in [9.17, 15) is 14.9 Å². The number of nitrogens with one attached hydrogen (secondary N) is 2. The highest BCUT2D eigenvalue weighted by Crippen LogP contribution is 2.32. The van der Waals surface area contributed by atoms with Gasteiger partial charge in [0.15, 0.2) is 0 Å².